The summed E-state index contributed by atoms with van der Waals surface area (Å²) in [5.41, 5.74) is 2.12. The second-order valence-electron chi connectivity index (χ2n) is 2.87. The van der Waals surface area contributed by atoms with Gasteiger partial charge in [-0.3, -0.25) is 0 Å². The molecule has 0 aromatic rings. The number of hydrogen-bond donors (Lipinski definition) is 0. The summed E-state index contributed by atoms with van der Waals surface area (Å²) in [6.07, 6.45) is 2.63. The van der Waals surface area contributed by atoms with Gasteiger partial charge in [0, 0.05) is 6.61 Å². The van der Waals surface area contributed by atoms with Crippen LogP contribution in [0.15, 0.2) is 11.0 Å². The van der Waals surface area contributed by atoms with Crippen LogP contribution in [0.5, 0.6) is 0 Å². The van der Waals surface area contributed by atoms with Crippen molar-refractivity contribution in [1.82, 2.24) is 0 Å². The van der Waals surface area contributed by atoms with Crippen molar-refractivity contribution in [3.05, 3.63) is 11.0 Å². The highest BCUT2D eigenvalue weighted by atomic mass is 16.5. The first-order valence-corrected chi connectivity index (χ1v) is 3.76. The van der Waals surface area contributed by atoms with Crippen molar-refractivity contribution >= 4 is 7.85 Å². The third-order valence-electron chi connectivity index (χ3n) is 2.03. The molecule has 1 aliphatic rings. The minimum absolute atomic E-state index is 0.310. The molecule has 1 nitrogen and oxygen atoms in total. The fourth-order valence-electron chi connectivity index (χ4n) is 1.17. The van der Waals surface area contributed by atoms with Crippen molar-refractivity contribution < 1.29 is 4.74 Å². The molecule has 0 aliphatic carbocycles. The Morgan fingerprint density at radius 2 is 2.20 bits per heavy atom. The van der Waals surface area contributed by atoms with E-state index in [9.17, 15) is 0 Å². The van der Waals surface area contributed by atoms with Crippen molar-refractivity contribution in [2.24, 2.45) is 0 Å². The van der Waals surface area contributed by atoms with Gasteiger partial charge < -0.3 is 4.74 Å². The second-order valence-corrected chi connectivity index (χ2v) is 2.87. The summed E-state index contributed by atoms with van der Waals surface area (Å²) >= 11 is 0. The van der Waals surface area contributed by atoms with Gasteiger partial charge in [-0.15, -0.1) is 5.47 Å². The smallest absolute Gasteiger partial charge is 0.107 e. The average molecular weight is 136 g/mol. The van der Waals surface area contributed by atoms with Crippen LogP contribution in [-0.2, 0) is 4.74 Å². The maximum absolute atomic E-state index is 5.62. The summed E-state index contributed by atoms with van der Waals surface area (Å²) in [6.45, 7) is 4.87. The van der Waals surface area contributed by atoms with E-state index in [2.05, 4.69) is 0 Å². The van der Waals surface area contributed by atoms with Crippen LogP contribution in [0.2, 0.25) is 0 Å². The molecule has 0 bridgehead atoms. The lowest BCUT2D eigenvalue weighted by atomic mass is 9.89. The Kier molecular flexibility index (Phi) is 2.55. The molecular formula is C8H13BO. The molecule has 54 valence electrons. The highest BCUT2D eigenvalue weighted by Crippen LogP contribution is 2.20. The standard InChI is InChI=1S/C8H13BO/c1-6(7(2)9)8-4-3-5-10-8/h8H,3-5H2,1-2H3/b7-6-. The van der Waals surface area contributed by atoms with Crippen molar-refractivity contribution in [2.45, 2.75) is 32.8 Å². The van der Waals surface area contributed by atoms with Gasteiger partial charge >= 0.3 is 0 Å². The van der Waals surface area contributed by atoms with E-state index in [1.54, 1.807) is 0 Å². The van der Waals surface area contributed by atoms with Crippen LogP contribution in [-0.4, -0.2) is 20.6 Å². The zero-order valence-corrected chi connectivity index (χ0v) is 6.68. The van der Waals surface area contributed by atoms with Gasteiger partial charge in [-0.2, -0.15) is 0 Å². The van der Waals surface area contributed by atoms with Crippen molar-refractivity contribution in [1.29, 1.82) is 0 Å². The topological polar surface area (TPSA) is 9.23 Å². The van der Waals surface area contributed by atoms with Gasteiger partial charge in [0.1, 0.15) is 7.85 Å². The van der Waals surface area contributed by atoms with Crippen LogP contribution < -0.4 is 0 Å². The van der Waals surface area contributed by atoms with E-state index in [-0.39, 0.29) is 0 Å². The van der Waals surface area contributed by atoms with Crippen molar-refractivity contribution in [3.63, 3.8) is 0 Å². The van der Waals surface area contributed by atoms with E-state index >= 15 is 0 Å². The van der Waals surface area contributed by atoms with Crippen LogP contribution in [0, 0.1) is 0 Å². The Morgan fingerprint density at radius 1 is 1.50 bits per heavy atom. The number of hydrogen-bond acceptors (Lipinski definition) is 1. The molecule has 1 atom stereocenters. The van der Waals surface area contributed by atoms with Crippen molar-refractivity contribution in [3.8, 4) is 0 Å². The molecule has 1 saturated heterocycles. The van der Waals surface area contributed by atoms with E-state index in [0.717, 1.165) is 18.5 Å². The Balaban J connectivity index is 2.56. The molecular weight excluding hydrogens is 123 g/mol. The minimum atomic E-state index is 0.310. The fraction of sp³-hybridized carbons (Fsp3) is 0.750. The zero-order valence-electron chi connectivity index (χ0n) is 6.68. The lowest BCUT2D eigenvalue weighted by molar-refractivity contribution is 0.137. The molecule has 1 rings (SSSR count). The van der Waals surface area contributed by atoms with E-state index in [1.165, 1.54) is 12.0 Å². The molecule has 0 aromatic heterocycles. The molecule has 0 saturated carbocycles. The molecule has 1 heterocycles. The van der Waals surface area contributed by atoms with Crippen molar-refractivity contribution in [2.75, 3.05) is 6.61 Å². The van der Waals surface area contributed by atoms with Gasteiger partial charge in [-0.1, -0.05) is 12.5 Å². The highest BCUT2D eigenvalue weighted by Gasteiger charge is 2.16. The predicted octanol–water partition coefficient (Wildman–Crippen LogP) is 1.63. The van der Waals surface area contributed by atoms with Crippen LogP contribution in [0.25, 0.3) is 0 Å². The van der Waals surface area contributed by atoms with Crippen LogP contribution >= 0.6 is 0 Å². The normalized spacial score (nSPS) is 28.4. The first kappa shape index (κ1) is 7.87. The number of ether oxygens (including phenoxy) is 1. The predicted molar refractivity (Wildman–Crippen MR) is 43.1 cm³/mol. The maximum atomic E-state index is 5.62. The monoisotopic (exact) mass is 136 g/mol. The quantitative estimate of drug-likeness (QED) is 0.497. The van der Waals surface area contributed by atoms with E-state index < -0.39 is 0 Å². The summed E-state index contributed by atoms with van der Waals surface area (Å²) in [4.78, 5) is 0. The Hall–Kier alpha value is -0.235. The van der Waals surface area contributed by atoms with E-state index in [1.807, 2.05) is 13.8 Å². The molecule has 10 heavy (non-hydrogen) atoms. The Labute approximate surface area is 63.9 Å². The highest BCUT2D eigenvalue weighted by molar-refractivity contribution is 6.21. The van der Waals surface area contributed by atoms with Gasteiger partial charge in [-0.25, -0.2) is 0 Å². The molecule has 1 aliphatic heterocycles. The zero-order chi connectivity index (χ0) is 7.56. The van der Waals surface area contributed by atoms with Gasteiger partial charge in [0.25, 0.3) is 0 Å². The van der Waals surface area contributed by atoms with Crippen LogP contribution in [0.4, 0.5) is 0 Å². The largest absolute Gasteiger partial charge is 0.374 e. The van der Waals surface area contributed by atoms with E-state index in [0.29, 0.717) is 6.10 Å². The first-order chi connectivity index (χ1) is 4.72. The number of allylic oxidation sites excluding steroid dienone is 1. The minimum Gasteiger partial charge on any atom is -0.374 e. The van der Waals surface area contributed by atoms with Gasteiger partial charge in [0.05, 0.1) is 6.10 Å². The molecule has 0 amide bonds. The Morgan fingerprint density at radius 3 is 2.60 bits per heavy atom. The maximum Gasteiger partial charge on any atom is 0.107 e. The summed E-state index contributed by atoms with van der Waals surface area (Å²) in [7, 11) is 5.62. The lowest BCUT2D eigenvalue weighted by Gasteiger charge is -2.11. The summed E-state index contributed by atoms with van der Waals surface area (Å²) in [5.74, 6) is 0. The lowest BCUT2D eigenvalue weighted by Crippen LogP contribution is -2.08. The van der Waals surface area contributed by atoms with Gasteiger partial charge in [0.2, 0.25) is 0 Å². The molecule has 0 N–H and O–H groups in total. The fourth-order valence-corrected chi connectivity index (χ4v) is 1.17. The molecule has 0 aromatic carbocycles. The molecule has 2 heteroatoms. The van der Waals surface area contributed by atoms with Gasteiger partial charge in [-0.05, 0) is 19.8 Å². The molecule has 1 unspecified atom stereocenters. The van der Waals surface area contributed by atoms with Crippen LogP contribution in [0.3, 0.4) is 0 Å². The summed E-state index contributed by atoms with van der Waals surface area (Å²) < 4.78 is 5.44. The molecule has 0 spiro atoms. The third-order valence-corrected chi connectivity index (χ3v) is 2.03. The third kappa shape index (κ3) is 1.63. The Bertz CT molecular complexity index is 141. The van der Waals surface area contributed by atoms with Gasteiger partial charge in [0.15, 0.2) is 0 Å². The summed E-state index contributed by atoms with van der Waals surface area (Å²) in [5, 5.41) is 0. The number of rotatable bonds is 1. The second kappa shape index (κ2) is 3.24. The van der Waals surface area contributed by atoms with Crippen LogP contribution in [0.1, 0.15) is 26.7 Å². The van der Waals surface area contributed by atoms with E-state index in [4.69, 9.17) is 12.6 Å². The summed E-state index contributed by atoms with van der Waals surface area (Å²) in [6, 6.07) is 0. The molecule has 1 fully saturated rings. The SMILES string of the molecule is [B]/C(C)=C(/C)C1CCCO1. The average Bonchev–Trinajstić information content (AvgIpc) is 2.36. The molecule has 2 radical (unpaired) electrons. The first-order valence-electron chi connectivity index (χ1n) is 3.76.